The molecule has 0 aliphatic carbocycles. The minimum absolute atomic E-state index is 0.237. The van der Waals surface area contributed by atoms with Crippen molar-refractivity contribution in [3.05, 3.63) is 95.7 Å². The molecule has 1 heterocycles. The van der Waals surface area contributed by atoms with Gasteiger partial charge in [-0.3, -0.25) is 0 Å². The van der Waals surface area contributed by atoms with Crippen molar-refractivity contribution < 1.29 is 14.6 Å². The predicted molar refractivity (Wildman–Crippen MR) is 138 cm³/mol. The number of aromatic amines is 1. The summed E-state index contributed by atoms with van der Waals surface area (Å²) in [5, 5.41) is 13.0. The number of carboxylic acid groups (broad SMARTS) is 1. The fourth-order valence-electron chi connectivity index (χ4n) is 4.68. The van der Waals surface area contributed by atoms with Gasteiger partial charge in [-0.05, 0) is 60.0 Å². The summed E-state index contributed by atoms with van der Waals surface area (Å²) in [5.41, 5.74) is 11.6. The first kappa shape index (κ1) is 21.6. The minimum Gasteiger partial charge on any atom is -0.493 e. The van der Waals surface area contributed by atoms with E-state index in [0.717, 1.165) is 49.7 Å². The summed E-state index contributed by atoms with van der Waals surface area (Å²) in [7, 11) is 0. The lowest BCUT2D eigenvalue weighted by Gasteiger charge is -2.10. The molecule has 0 fully saturated rings. The third-order valence-electron chi connectivity index (χ3n) is 6.27. The summed E-state index contributed by atoms with van der Waals surface area (Å²) in [6, 6.07) is 25.9. The van der Waals surface area contributed by atoms with Crippen LogP contribution in [0, 0.1) is 6.92 Å². The van der Waals surface area contributed by atoms with Gasteiger partial charge in [0.25, 0.3) is 0 Å². The Morgan fingerprint density at radius 1 is 0.941 bits per heavy atom. The average Bonchev–Trinajstić information content (AvgIpc) is 3.21. The number of fused-ring (bicyclic) bond motifs is 2. The van der Waals surface area contributed by atoms with Crippen LogP contribution in [0.4, 0.5) is 5.69 Å². The largest absolute Gasteiger partial charge is 0.493 e. The molecule has 5 aromatic rings. The lowest BCUT2D eigenvalue weighted by atomic mass is 9.96. The van der Waals surface area contributed by atoms with Gasteiger partial charge in [0, 0.05) is 22.0 Å². The van der Waals surface area contributed by atoms with E-state index in [1.165, 1.54) is 0 Å². The van der Waals surface area contributed by atoms with Crippen molar-refractivity contribution in [2.45, 2.75) is 19.8 Å². The van der Waals surface area contributed by atoms with E-state index in [1.807, 2.05) is 73.7 Å². The van der Waals surface area contributed by atoms with Gasteiger partial charge < -0.3 is 20.6 Å². The normalized spacial score (nSPS) is 11.2. The number of carboxylic acids is 1. The smallest absolute Gasteiger partial charge is 0.352 e. The summed E-state index contributed by atoms with van der Waals surface area (Å²) in [4.78, 5) is 15.3. The molecule has 0 spiro atoms. The van der Waals surface area contributed by atoms with Gasteiger partial charge in [-0.1, -0.05) is 60.7 Å². The lowest BCUT2D eigenvalue weighted by molar-refractivity contribution is 0.0690. The van der Waals surface area contributed by atoms with E-state index in [2.05, 4.69) is 17.1 Å². The summed E-state index contributed by atoms with van der Waals surface area (Å²) in [6.45, 7) is 2.51. The Morgan fingerprint density at radius 3 is 2.53 bits per heavy atom. The van der Waals surface area contributed by atoms with Crippen LogP contribution in [0.3, 0.4) is 0 Å². The fourth-order valence-corrected chi connectivity index (χ4v) is 4.68. The maximum Gasteiger partial charge on any atom is 0.352 e. The lowest BCUT2D eigenvalue weighted by Crippen LogP contribution is -2.04. The molecule has 0 aliphatic rings. The Balaban J connectivity index is 1.42. The maximum atomic E-state index is 12.1. The van der Waals surface area contributed by atoms with Gasteiger partial charge in [0.15, 0.2) is 0 Å². The van der Waals surface area contributed by atoms with Gasteiger partial charge in [-0.15, -0.1) is 0 Å². The molecule has 0 radical (unpaired) electrons. The molecule has 0 saturated carbocycles. The Morgan fingerprint density at radius 2 is 1.71 bits per heavy atom. The van der Waals surface area contributed by atoms with Gasteiger partial charge in [-0.25, -0.2) is 4.79 Å². The first-order chi connectivity index (χ1) is 16.5. The third kappa shape index (κ3) is 3.97. The first-order valence-electron chi connectivity index (χ1n) is 11.4. The van der Waals surface area contributed by atoms with Crippen LogP contribution in [-0.2, 0) is 6.42 Å². The highest BCUT2D eigenvalue weighted by atomic mass is 16.5. The van der Waals surface area contributed by atoms with E-state index in [0.29, 0.717) is 25.1 Å². The second-order valence-electron chi connectivity index (χ2n) is 8.52. The number of benzene rings is 4. The zero-order valence-corrected chi connectivity index (χ0v) is 19.0. The van der Waals surface area contributed by atoms with Gasteiger partial charge in [-0.2, -0.15) is 0 Å². The maximum absolute atomic E-state index is 12.1. The number of aromatic carboxylic acids is 1. The van der Waals surface area contributed by atoms with Crippen LogP contribution >= 0.6 is 0 Å². The molecule has 0 amide bonds. The number of aryl methyl sites for hydroxylation is 2. The number of nitrogens with one attached hydrogen (secondary N) is 1. The van der Waals surface area contributed by atoms with E-state index < -0.39 is 5.97 Å². The molecule has 5 heteroatoms. The van der Waals surface area contributed by atoms with Crippen LogP contribution in [0.1, 0.15) is 28.0 Å². The predicted octanol–water partition coefficient (Wildman–Crippen LogP) is 6.59. The van der Waals surface area contributed by atoms with Crippen molar-refractivity contribution in [3.8, 4) is 16.9 Å². The molecular weight excluding hydrogens is 424 g/mol. The van der Waals surface area contributed by atoms with Gasteiger partial charge in [0.1, 0.15) is 11.4 Å². The molecule has 0 unspecified atom stereocenters. The Kier molecular flexibility index (Phi) is 5.68. The molecule has 0 saturated heterocycles. The number of carbonyl (C=O) groups is 1. The van der Waals surface area contributed by atoms with Gasteiger partial charge in [0.2, 0.25) is 0 Å². The number of hydrogen-bond acceptors (Lipinski definition) is 3. The van der Waals surface area contributed by atoms with Crippen molar-refractivity contribution in [2.75, 3.05) is 12.3 Å². The topological polar surface area (TPSA) is 88.3 Å². The standard InChI is InChI=1S/C29H26N2O3/c1-18-17-20(30)14-15-21(18)23-10-5-11-24-25(28(29(32)33)31-27(23)24)12-6-16-34-26-13-4-8-19-7-2-3-9-22(19)26/h2-5,7-11,13-15,17,31H,6,12,16,30H2,1H3,(H,32,33). The molecule has 1 aromatic heterocycles. The molecule has 34 heavy (non-hydrogen) atoms. The van der Waals surface area contributed by atoms with E-state index in [9.17, 15) is 9.90 Å². The van der Waals surface area contributed by atoms with Crippen molar-refractivity contribution in [1.29, 1.82) is 0 Å². The van der Waals surface area contributed by atoms with Crippen LogP contribution in [0.2, 0.25) is 0 Å². The number of nitrogen functional groups attached to an aromatic ring is 1. The molecular formula is C29H26N2O3. The zero-order chi connectivity index (χ0) is 23.7. The first-order valence-corrected chi connectivity index (χ1v) is 11.4. The summed E-state index contributed by atoms with van der Waals surface area (Å²) < 4.78 is 6.08. The van der Waals surface area contributed by atoms with Crippen molar-refractivity contribution in [3.63, 3.8) is 0 Å². The second kappa shape index (κ2) is 8.94. The Labute approximate surface area is 197 Å². The molecule has 170 valence electrons. The van der Waals surface area contributed by atoms with Crippen LogP contribution in [0.25, 0.3) is 32.8 Å². The molecule has 0 bridgehead atoms. The zero-order valence-electron chi connectivity index (χ0n) is 19.0. The Hall–Kier alpha value is -4.25. The quantitative estimate of drug-likeness (QED) is 0.193. The van der Waals surface area contributed by atoms with Crippen LogP contribution in [0.5, 0.6) is 5.75 Å². The van der Waals surface area contributed by atoms with Crippen LogP contribution in [-0.4, -0.2) is 22.7 Å². The summed E-state index contributed by atoms with van der Waals surface area (Å²) in [5.74, 6) is -0.113. The van der Waals surface area contributed by atoms with Crippen molar-refractivity contribution in [1.82, 2.24) is 4.98 Å². The number of nitrogens with two attached hydrogens (primary N) is 1. The summed E-state index contributed by atoms with van der Waals surface area (Å²) in [6.07, 6.45) is 1.29. The monoisotopic (exact) mass is 450 g/mol. The minimum atomic E-state index is -0.957. The molecule has 5 nitrogen and oxygen atoms in total. The molecule has 0 aliphatic heterocycles. The number of H-pyrrole nitrogens is 1. The molecule has 5 rings (SSSR count). The summed E-state index contributed by atoms with van der Waals surface area (Å²) >= 11 is 0. The van der Waals surface area contributed by atoms with Crippen LogP contribution in [0.15, 0.2) is 78.9 Å². The van der Waals surface area contributed by atoms with E-state index >= 15 is 0 Å². The van der Waals surface area contributed by atoms with E-state index in [-0.39, 0.29) is 5.69 Å². The number of rotatable bonds is 7. The highest BCUT2D eigenvalue weighted by Crippen LogP contribution is 2.34. The molecule has 4 aromatic carbocycles. The SMILES string of the molecule is Cc1cc(N)ccc1-c1cccc2c(CCCOc3cccc4ccccc34)c(C(=O)O)[nH]c12. The molecule has 4 N–H and O–H groups in total. The number of ether oxygens (including phenoxy) is 1. The third-order valence-corrected chi connectivity index (χ3v) is 6.27. The van der Waals surface area contributed by atoms with Gasteiger partial charge >= 0.3 is 5.97 Å². The highest BCUT2D eigenvalue weighted by Gasteiger charge is 2.19. The number of aromatic nitrogens is 1. The van der Waals surface area contributed by atoms with Crippen LogP contribution < -0.4 is 10.5 Å². The fraction of sp³-hybridized carbons (Fsp3) is 0.138. The highest BCUT2D eigenvalue weighted by molar-refractivity contribution is 6.03. The average molecular weight is 451 g/mol. The second-order valence-corrected chi connectivity index (χ2v) is 8.52. The van der Waals surface area contributed by atoms with E-state index in [1.54, 1.807) is 0 Å². The van der Waals surface area contributed by atoms with E-state index in [4.69, 9.17) is 10.5 Å². The molecule has 0 atom stereocenters. The number of hydrogen-bond donors (Lipinski definition) is 3. The number of anilines is 1. The Bertz CT molecular complexity index is 1510. The van der Waals surface area contributed by atoms with Crippen molar-refractivity contribution in [2.24, 2.45) is 0 Å². The van der Waals surface area contributed by atoms with Gasteiger partial charge in [0.05, 0.1) is 12.1 Å². The number of para-hydroxylation sites is 1. The van der Waals surface area contributed by atoms with Crippen molar-refractivity contribution >= 4 is 33.3 Å².